The van der Waals surface area contributed by atoms with Crippen molar-refractivity contribution in [1.29, 1.82) is 0 Å². The second kappa shape index (κ2) is 11.0. The van der Waals surface area contributed by atoms with Crippen molar-refractivity contribution >= 4 is 33.7 Å². The average Bonchev–Trinajstić information content (AvgIpc) is 2.73. The van der Waals surface area contributed by atoms with Crippen molar-refractivity contribution in [3.8, 4) is 11.5 Å². The molecule has 0 aliphatic rings. The molecule has 0 bridgehead atoms. The number of hydrogen-bond acceptors (Lipinski definition) is 4. The molecule has 0 aliphatic carbocycles. The highest BCUT2D eigenvalue weighted by Gasteiger charge is 2.12. The topological polar surface area (TPSA) is 42.8 Å². The van der Waals surface area contributed by atoms with Crippen LogP contribution in [0.2, 0.25) is 5.02 Å². The quantitative estimate of drug-likeness (QED) is 0.276. The summed E-state index contributed by atoms with van der Waals surface area (Å²) in [6, 6.07) is 19.8. The van der Waals surface area contributed by atoms with Gasteiger partial charge in [0.1, 0.15) is 6.61 Å². The molecule has 0 saturated heterocycles. The van der Waals surface area contributed by atoms with Crippen molar-refractivity contribution in [3.63, 3.8) is 0 Å². The second-order valence-electron chi connectivity index (χ2n) is 6.76. The third kappa shape index (κ3) is 6.51. The summed E-state index contributed by atoms with van der Waals surface area (Å²) in [6.45, 7) is 5.65. The van der Waals surface area contributed by atoms with Crippen molar-refractivity contribution in [3.05, 3.63) is 92.4 Å². The molecule has 3 rings (SSSR count). The fourth-order valence-corrected chi connectivity index (χ4v) is 3.46. The molecular weight excluding hydrogens is 464 g/mol. The SMILES string of the molecule is CCOc1cc(/C=N\NCc2ccc(Cl)cc2)cc(Br)c1OCc1ccc(C)cc1. The van der Waals surface area contributed by atoms with Crippen LogP contribution >= 0.6 is 27.5 Å². The van der Waals surface area contributed by atoms with E-state index in [1.807, 2.05) is 43.3 Å². The maximum atomic E-state index is 6.05. The Labute approximate surface area is 191 Å². The normalized spacial score (nSPS) is 10.9. The van der Waals surface area contributed by atoms with E-state index in [0.29, 0.717) is 31.3 Å². The lowest BCUT2D eigenvalue weighted by atomic mass is 10.1. The summed E-state index contributed by atoms with van der Waals surface area (Å²) in [4.78, 5) is 0. The van der Waals surface area contributed by atoms with E-state index in [9.17, 15) is 0 Å². The fraction of sp³-hybridized carbons (Fsp3) is 0.208. The Kier molecular flexibility index (Phi) is 8.17. The zero-order valence-electron chi connectivity index (χ0n) is 17.0. The van der Waals surface area contributed by atoms with Crippen LogP contribution in [0.25, 0.3) is 0 Å². The minimum absolute atomic E-state index is 0.467. The summed E-state index contributed by atoms with van der Waals surface area (Å²) in [5, 5.41) is 5.03. The first-order valence-corrected chi connectivity index (χ1v) is 10.9. The standard InChI is InChI=1S/C24H24BrClN2O2/c1-3-29-23-13-20(15-28-27-14-18-8-10-21(26)11-9-18)12-22(25)24(23)30-16-19-6-4-17(2)5-7-19/h4-13,15,27H,3,14,16H2,1-2H3/b28-15-. The summed E-state index contributed by atoms with van der Waals surface area (Å²) >= 11 is 9.51. The van der Waals surface area contributed by atoms with Crippen molar-refractivity contribution in [2.75, 3.05) is 6.61 Å². The average molecular weight is 488 g/mol. The predicted molar refractivity (Wildman–Crippen MR) is 127 cm³/mol. The molecule has 0 aromatic heterocycles. The fourth-order valence-electron chi connectivity index (χ4n) is 2.76. The molecule has 0 unspecified atom stereocenters. The molecule has 30 heavy (non-hydrogen) atoms. The maximum Gasteiger partial charge on any atom is 0.175 e. The number of nitrogens with one attached hydrogen (secondary N) is 1. The lowest BCUT2D eigenvalue weighted by Crippen LogP contribution is -2.06. The van der Waals surface area contributed by atoms with Crippen LogP contribution in [-0.4, -0.2) is 12.8 Å². The molecule has 0 fully saturated rings. The van der Waals surface area contributed by atoms with Gasteiger partial charge >= 0.3 is 0 Å². The Morgan fingerprint density at radius 2 is 1.70 bits per heavy atom. The maximum absolute atomic E-state index is 6.05. The minimum Gasteiger partial charge on any atom is -0.490 e. The van der Waals surface area contributed by atoms with E-state index in [0.717, 1.165) is 26.2 Å². The largest absolute Gasteiger partial charge is 0.490 e. The Hall–Kier alpha value is -2.50. The molecule has 0 amide bonds. The van der Waals surface area contributed by atoms with Gasteiger partial charge in [-0.25, -0.2) is 0 Å². The van der Waals surface area contributed by atoms with E-state index in [1.54, 1.807) is 6.21 Å². The summed E-state index contributed by atoms with van der Waals surface area (Å²) in [6.07, 6.45) is 1.76. The molecule has 156 valence electrons. The predicted octanol–water partition coefficient (Wildman–Crippen LogP) is 6.51. The molecule has 3 aromatic rings. The van der Waals surface area contributed by atoms with Gasteiger partial charge in [-0.1, -0.05) is 53.6 Å². The molecule has 1 N–H and O–H groups in total. The zero-order chi connectivity index (χ0) is 21.3. The Balaban J connectivity index is 1.66. The van der Waals surface area contributed by atoms with E-state index in [-0.39, 0.29) is 0 Å². The molecule has 0 saturated carbocycles. The van der Waals surface area contributed by atoms with E-state index < -0.39 is 0 Å². The van der Waals surface area contributed by atoms with Gasteiger partial charge in [0.25, 0.3) is 0 Å². The molecule has 4 nitrogen and oxygen atoms in total. The van der Waals surface area contributed by atoms with Crippen LogP contribution in [0.15, 0.2) is 70.2 Å². The lowest BCUT2D eigenvalue weighted by Gasteiger charge is -2.15. The van der Waals surface area contributed by atoms with Crippen LogP contribution < -0.4 is 14.9 Å². The van der Waals surface area contributed by atoms with Gasteiger partial charge in [0.05, 0.1) is 23.8 Å². The summed E-state index contributed by atoms with van der Waals surface area (Å²) in [5.74, 6) is 1.36. The molecular formula is C24H24BrClN2O2. The number of benzene rings is 3. The van der Waals surface area contributed by atoms with Gasteiger partial charge in [-0.2, -0.15) is 5.10 Å². The van der Waals surface area contributed by atoms with Crippen LogP contribution in [-0.2, 0) is 13.2 Å². The van der Waals surface area contributed by atoms with Gasteiger partial charge < -0.3 is 14.9 Å². The first-order valence-electron chi connectivity index (χ1n) is 9.70. The lowest BCUT2D eigenvalue weighted by molar-refractivity contribution is 0.267. The third-order valence-corrected chi connectivity index (χ3v) is 5.18. The highest BCUT2D eigenvalue weighted by Crippen LogP contribution is 2.37. The Morgan fingerprint density at radius 3 is 2.40 bits per heavy atom. The van der Waals surface area contributed by atoms with E-state index >= 15 is 0 Å². The molecule has 6 heteroatoms. The number of hydrogen-bond donors (Lipinski definition) is 1. The highest BCUT2D eigenvalue weighted by molar-refractivity contribution is 9.10. The molecule has 0 spiro atoms. The molecule has 3 aromatic carbocycles. The van der Waals surface area contributed by atoms with E-state index in [1.165, 1.54) is 5.56 Å². The molecule has 0 heterocycles. The summed E-state index contributed by atoms with van der Waals surface area (Å²) < 4.78 is 12.7. The van der Waals surface area contributed by atoms with Gasteiger partial charge in [-0.15, -0.1) is 0 Å². The van der Waals surface area contributed by atoms with Crippen molar-refractivity contribution in [2.45, 2.75) is 27.0 Å². The van der Waals surface area contributed by atoms with Crippen LogP contribution in [0.5, 0.6) is 11.5 Å². The van der Waals surface area contributed by atoms with Crippen molar-refractivity contribution in [1.82, 2.24) is 5.43 Å². The Bertz CT molecular complexity index is 989. The van der Waals surface area contributed by atoms with Crippen molar-refractivity contribution in [2.24, 2.45) is 5.10 Å². The number of rotatable bonds is 9. The van der Waals surface area contributed by atoms with Gasteiger partial charge in [0.15, 0.2) is 11.5 Å². The smallest absolute Gasteiger partial charge is 0.175 e. The van der Waals surface area contributed by atoms with Crippen LogP contribution in [0.3, 0.4) is 0 Å². The first-order chi connectivity index (χ1) is 14.5. The van der Waals surface area contributed by atoms with Gasteiger partial charge in [-0.05, 0) is 70.7 Å². The molecule has 0 atom stereocenters. The Morgan fingerprint density at radius 1 is 1.00 bits per heavy atom. The number of nitrogens with zero attached hydrogens (tertiary/aromatic N) is 1. The van der Waals surface area contributed by atoms with Crippen LogP contribution in [0.1, 0.15) is 29.2 Å². The molecule has 0 radical (unpaired) electrons. The summed E-state index contributed by atoms with van der Waals surface area (Å²) in [5.41, 5.74) is 7.38. The minimum atomic E-state index is 0.467. The first kappa shape index (κ1) is 22.2. The van der Waals surface area contributed by atoms with Crippen LogP contribution in [0.4, 0.5) is 0 Å². The third-order valence-electron chi connectivity index (χ3n) is 4.34. The van der Waals surface area contributed by atoms with Gasteiger partial charge in [-0.3, -0.25) is 0 Å². The highest BCUT2D eigenvalue weighted by atomic mass is 79.9. The van der Waals surface area contributed by atoms with Crippen molar-refractivity contribution < 1.29 is 9.47 Å². The number of aryl methyl sites for hydroxylation is 1. The van der Waals surface area contributed by atoms with Crippen LogP contribution in [0, 0.1) is 6.92 Å². The zero-order valence-corrected chi connectivity index (χ0v) is 19.3. The van der Waals surface area contributed by atoms with Gasteiger partial charge in [0, 0.05) is 5.02 Å². The van der Waals surface area contributed by atoms with E-state index in [2.05, 4.69) is 57.6 Å². The molecule has 0 aliphatic heterocycles. The summed E-state index contributed by atoms with van der Waals surface area (Å²) in [7, 11) is 0. The van der Waals surface area contributed by atoms with E-state index in [4.69, 9.17) is 21.1 Å². The number of ether oxygens (including phenoxy) is 2. The number of halogens is 2. The van der Waals surface area contributed by atoms with Gasteiger partial charge in [0.2, 0.25) is 0 Å². The second-order valence-corrected chi connectivity index (χ2v) is 8.05. The number of hydrazone groups is 1. The monoisotopic (exact) mass is 486 g/mol.